The molecule has 0 bridgehead atoms. The van der Waals surface area contributed by atoms with Crippen LogP contribution in [-0.2, 0) is 4.74 Å². The van der Waals surface area contributed by atoms with Gasteiger partial charge < -0.3 is 10.1 Å². The van der Waals surface area contributed by atoms with E-state index in [1.807, 2.05) is 26.0 Å². The van der Waals surface area contributed by atoms with Crippen LogP contribution < -0.4 is 5.32 Å². The van der Waals surface area contributed by atoms with Crippen molar-refractivity contribution in [3.63, 3.8) is 0 Å². The minimum absolute atomic E-state index is 0.113. The zero-order valence-corrected chi connectivity index (χ0v) is 19.9. The van der Waals surface area contributed by atoms with Gasteiger partial charge in [-0.25, -0.2) is 4.79 Å². The summed E-state index contributed by atoms with van der Waals surface area (Å²) in [5.41, 5.74) is 1.59. The van der Waals surface area contributed by atoms with Crippen LogP contribution in [0.5, 0.6) is 0 Å². The number of anilines is 1. The average Bonchev–Trinajstić information content (AvgIpc) is 2.72. The average molecular weight is 458 g/mol. The normalized spacial score (nSPS) is 11.7. The van der Waals surface area contributed by atoms with E-state index in [2.05, 4.69) is 5.32 Å². The Morgan fingerprint density at radius 1 is 0.781 bits per heavy atom. The van der Waals surface area contributed by atoms with E-state index in [1.165, 1.54) is 44.9 Å². The Labute approximate surface area is 192 Å². The number of ether oxygens (including phenoxy) is 1. The van der Waals surface area contributed by atoms with Gasteiger partial charge in [0.05, 0.1) is 11.7 Å². The lowest BCUT2D eigenvalue weighted by Crippen LogP contribution is -2.11. The van der Waals surface area contributed by atoms with Crippen molar-refractivity contribution in [1.29, 1.82) is 0 Å². The fourth-order valence-electron chi connectivity index (χ4n) is 3.63. The number of rotatable bonds is 18. The molecule has 0 spiro atoms. The molecule has 3 nitrogen and oxygen atoms in total. The molecule has 0 radical (unpaired) electrons. The number of nitrogens with one attached hydrogen (secondary N) is 1. The summed E-state index contributed by atoms with van der Waals surface area (Å²) in [6.45, 7) is 4.61. The topological polar surface area (TPSA) is 38.3 Å². The third-order valence-corrected chi connectivity index (χ3v) is 5.43. The van der Waals surface area contributed by atoms with Crippen LogP contribution >= 0.6 is 0 Å². The van der Waals surface area contributed by atoms with Gasteiger partial charge in [-0.15, -0.1) is 0 Å². The number of alkyl halides is 3. The van der Waals surface area contributed by atoms with Crippen molar-refractivity contribution in [2.75, 3.05) is 11.9 Å². The zero-order valence-electron chi connectivity index (χ0n) is 19.9. The SMILES string of the molecule is CC(C)OC(=O)c1ccc(NCCCCCCCCCCCCCCCC(F)(F)F)cc1. The lowest BCUT2D eigenvalue weighted by molar-refractivity contribution is -0.135. The number of halogens is 3. The van der Waals surface area contributed by atoms with Gasteiger partial charge in [-0.05, 0) is 51.0 Å². The molecule has 0 aliphatic carbocycles. The van der Waals surface area contributed by atoms with Gasteiger partial charge in [0.1, 0.15) is 0 Å². The van der Waals surface area contributed by atoms with Crippen LogP contribution in [0.2, 0.25) is 0 Å². The number of benzene rings is 1. The van der Waals surface area contributed by atoms with E-state index in [9.17, 15) is 18.0 Å². The third-order valence-electron chi connectivity index (χ3n) is 5.43. The molecule has 1 rings (SSSR count). The third kappa shape index (κ3) is 16.0. The predicted molar refractivity (Wildman–Crippen MR) is 126 cm³/mol. The summed E-state index contributed by atoms with van der Waals surface area (Å²) in [5.74, 6) is -0.286. The summed E-state index contributed by atoms with van der Waals surface area (Å²) >= 11 is 0. The molecule has 0 fully saturated rings. The van der Waals surface area contributed by atoms with Gasteiger partial charge in [0, 0.05) is 18.7 Å². The molecule has 0 heterocycles. The van der Waals surface area contributed by atoms with Crippen LogP contribution in [0.25, 0.3) is 0 Å². The molecule has 1 aromatic carbocycles. The molecular weight excluding hydrogens is 415 g/mol. The van der Waals surface area contributed by atoms with Crippen molar-refractivity contribution in [1.82, 2.24) is 0 Å². The summed E-state index contributed by atoms with van der Waals surface area (Å²) in [4.78, 5) is 11.8. The van der Waals surface area contributed by atoms with E-state index in [0.717, 1.165) is 37.9 Å². The van der Waals surface area contributed by atoms with Gasteiger partial charge in [-0.2, -0.15) is 13.2 Å². The first-order valence-corrected chi connectivity index (χ1v) is 12.4. The number of carbonyl (C=O) groups excluding carboxylic acids is 1. The molecule has 0 amide bonds. The van der Waals surface area contributed by atoms with E-state index >= 15 is 0 Å². The van der Waals surface area contributed by atoms with Gasteiger partial charge in [0.15, 0.2) is 0 Å². The maximum absolute atomic E-state index is 12.0. The number of unbranched alkanes of at least 4 members (excludes halogenated alkanes) is 12. The zero-order chi connectivity index (χ0) is 23.7. The second-order valence-electron chi connectivity index (χ2n) is 8.92. The fraction of sp³-hybridized carbons (Fsp3) is 0.731. The quantitative estimate of drug-likeness (QED) is 0.177. The first kappa shape index (κ1) is 28.3. The van der Waals surface area contributed by atoms with Crippen LogP contribution in [0.15, 0.2) is 24.3 Å². The molecule has 1 N–H and O–H groups in total. The molecule has 0 aliphatic heterocycles. The summed E-state index contributed by atoms with van der Waals surface area (Å²) in [6, 6.07) is 7.42. The van der Waals surface area contributed by atoms with Crippen LogP contribution in [0, 0.1) is 0 Å². The van der Waals surface area contributed by atoms with Crippen LogP contribution in [-0.4, -0.2) is 24.8 Å². The molecule has 0 unspecified atom stereocenters. The monoisotopic (exact) mass is 457 g/mol. The highest BCUT2D eigenvalue weighted by Gasteiger charge is 2.25. The number of carbonyl (C=O) groups is 1. The molecule has 1 aromatic rings. The lowest BCUT2D eigenvalue weighted by Gasteiger charge is -2.09. The highest BCUT2D eigenvalue weighted by atomic mass is 19.4. The second kappa shape index (κ2) is 16.8. The van der Waals surface area contributed by atoms with Crippen LogP contribution in [0.3, 0.4) is 0 Å². The molecule has 32 heavy (non-hydrogen) atoms. The van der Waals surface area contributed by atoms with Crippen molar-refractivity contribution < 1.29 is 22.7 Å². The number of hydrogen-bond acceptors (Lipinski definition) is 3. The van der Waals surface area contributed by atoms with E-state index in [4.69, 9.17) is 4.74 Å². The van der Waals surface area contributed by atoms with Crippen molar-refractivity contribution in [2.45, 2.75) is 116 Å². The Kier molecular flexibility index (Phi) is 14.9. The van der Waals surface area contributed by atoms with Gasteiger partial charge in [-0.1, -0.05) is 70.6 Å². The molecule has 0 aromatic heterocycles. The van der Waals surface area contributed by atoms with Gasteiger partial charge in [-0.3, -0.25) is 0 Å². The second-order valence-corrected chi connectivity index (χ2v) is 8.92. The first-order valence-electron chi connectivity index (χ1n) is 12.4. The van der Waals surface area contributed by atoms with Crippen molar-refractivity contribution in [2.24, 2.45) is 0 Å². The Morgan fingerprint density at radius 2 is 1.22 bits per heavy atom. The molecule has 6 heteroatoms. The number of esters is 1. The van der Waals surface area contributed by atoms with Gasteiger partial charge in [0.2, 0.25) is 0 Å². The predicted octanol–water partition coefficient (Wildman–Crippen LogP) is 8.69. The Bertz CT molecular complexity index is 600. The van der Waals surface area contributed by atoms with Crippen molar-refractivity contribution in [3.05, 3.63) is 29.8 Å². The standard InChI is InChI=1S/C26H42F3NO2/c1-22(2)32-25(31)23-16-18-24(19-17-23)30-21-15-13-11-9-7-5-3-4-6-8-10-12-14-20-26(27,28)29/h16-19,22,30H,3-15,20-21H2,1-2H3. The highest BCUT2D eigenvalue weighted by molar-refractivity contribution is 5.89. The molecule has 0 saturated heterocycles. The highest BCUT2D eigenvalue weighted by Crippen LogP contribution is 2.23. The van der Waals surface area contributed by atoms with E-state index in [0.29, 0.717) is 12.0 Å². The summed E-state index contributed by atoms with van der Waals surface area (Å²) in [7, 11) is 0. The Hall–Kier alpha value is -1.72. The van der Waals surface area contributed by atoms with Crippen LogP contribution in [0.4, 0.5) is 18.9 Å². The van der Waals surface area contributed by atoms with E-state index in [1.54, 1.807) is 12.1 Å². The summed E-state index contributed by atoms with van der Waals surface area (Å²) < 4.78 is 41.3. The summed E-state index contributed by atoms with van der Waals surface area (Å²) in [6.07, 6.45) is 9.23. The van der Waals surface area contributed by atoms with Crippen LogP contribution in [0.1, 0.15) is 114 Å². The first-order chi connectivity index (χ1) is 15.3. The largest absolute Gasteiger partial charge is 0.459 e. The van der Waals surface area contributed by atoms with E-state index < -0.39 is 12.6 Å². The maximum Gasteiger partial charge on any atom is 0.389 e. The Morgan fingerprint density at radius 3 is 1.66 bits per heavy atom. The smallest absolute Gasteiger partial charge is 0.389 e. The van der Waals surface area contributed by atoms with Gasteiger partial charge in [0.25, 0.3) is 0 Å². The van der Waals surface area contributed by atoms with E-state index in [-0.39, 0.29) is 18.5 Å². The van der Waals surface area contributed by atoms with Gasteiger partial charge >= 0.3 is 12.1 Å². The fourth-order valence-corrected chi connectivity index (χ4v) is 3.63. The lowest BCUT2D eigenvalue weighted by atomic mass is 10.0. The number of hydrogen-bond donors (Lipinski definition) is 1. The molecule has 0 aliphatic rings. The minimum Gasteiger partial charge on any atom is -0.459 e. The molecule has 184 valence electrons. The molecule has 0 saturated carbocycles. The Balaban J connectivity index is 1.88. The maximum atomic E-state index is 12.0. The van der Waals surface area contributed by atoms with Crippen molar-refractivity contribution >= 4 is 11.7 Å². The molecular formula is C26H42F3NO2. The summed E-state index contributed by atoms with van der Waals surface area (Å²) in [5, 5.41) is 3.39. The minimum atomic E-state index is -3.99. The van der Waals surface area contributed by atoms with Crippen molar-refractivity contribution in [3.8, 4) is 0 Å². The molecule has 0 atom stereocenters.